The lowest BCUT2D eigenvalue weighted by Crippen LogP contribution is -2.46. The molecule has 2 nitrogen and oxygen atoms in total. The maximum Gasteiger partial charge on any atom is 0.0601 e. The molecule has 0 radical (unpaired) electrons. The molecule has 15 heavy (non-hydrogen) atoms. The fourth-order valence-corrected chi connectivity index (χ4v) is 3.00. The van der Waals surface area contributed by atoms with Gasteiger partial charge in [0, 0.05) is 13.2 Å². The van der Waals surface area contributed by atoms with Gasteiger partial charge < -0.3 is 10.1 Å². The van der Waals surface area contributed by atoms with Gasteiger partial charge in [-0.2, -0.15) is 0 Å². The van der Waals surface area contributed by atoms with Gasteiger partial charge in [-0.15, -0.1) is 0 Å². The Morgan fingerprint density at radius 1 is 1.20 bits per heavy atom. The van der Waals surface area contributed by atoms with Gasteiger partial charge in [-0.1, -0.05) is 19.8 Å². The molecule has 0 aromatic rings. The van der Waals surface area contributed by atoms with Crippen molar-refractivity contribution in [3.8, 4) is 0 Å². The van der Waals surface area contributed by atoms with E-state index in [1.807, 2.05) is 7.11 Å². The van der Waals surface area contributed by atoms with Crippen LogP contribution < -0.4 is 5.32 Å². The van der Waals surface area contributed by atoms with Gasteiger partial charge in [-0.25, -0.2) is 0 Å². The number of ether oxygens (including phenoxy) is 1. The summed E-state index contributed by atoms with van der Waals surface area (Å²) in [4.78, 5) is 0. The Hall–Kier alpha value is -0.0800. The molecule has 2 atom stereocenters. The second-order valence-electron chi connectivity index (χ2n) is 5.57. The molecule has 0 aromatic carbocycles. The largest absolute Gasteiger partial charge is 0.381 e. The standard InChI is InChI=1S/C13H25NO/c1-10-4-3-5-11(6-10)9-14-12-7-13(8-12)15-2/h10-14H,3-9H2,1-2H3. The molecular formula is C13H25NO. The van der Waals surface area contributed by atoms with E-state index in [0.29, 0.717) is 6.10 Å². The molecule has 2 saturated carbocycles. The van der Waals surface area contributed by atoms with Gasteiger partial charge in [-0.05, 0) is 44.1 Å². The fraction of sp³-hybridized carbons (Fsp3) is 1.00. The van der Waals surface area contributed by atoms with E-state index in [9.17, 15) is 0 Å². The van der Waals surface area contributed by atoms with E-state index >= 15 is 0 Å². The van der Waals surface area contributed by atoms with Crippen molar-refractivity contribution in [1.29, 1.82) is 0 Å². The highest BCUT2D eigenvalue weighted by Crippen LogP contribution is 2.29. The average molecular weight is 211 g/mol. The lowest BCUT2D eigenvalue weighted by molar-refractivity contribution is 0.0158. The molecule has 1 N–H and O–H groups in total. The molecule has 2 fully saturated rings. The summed E-state index contributed by atoms with van der Waals surface area (Å²) in [5, 5.41) is 3.69. The first-order valence-corrected chi connectivity index (χ1v) is 6.54. The van der Waals surface area contributed by atoms with E-state index in [0.717, 1.165) is 17.9 Å². The predicted octanol–water partition coefficient (Wildman–Crippen LogP) is 2.58. The molecule has 2 rings (SSSR count). The summed E-state index contributed by atoms with van der Waals surface area (Å²) in [7, 11) is 1.82. The first-order chi connectivity index (χ1) is 7.28. The van der Waals surface area contributed by atoms with Gasteiger partial charge in [0.25, 0.3) is 0 Å². The first-order valence-electron chi connectivity index (χ1n) is 6.54. The van der Waals surface area contributed by atoms with E-state index in [1.165, 1.54) is 45.1 Å². The Morgan fingerprint density at radius 2 is 2.00 bits per heavy atom. The number of hydrogen-bond donors (Lipinski definition) is 1. The van der Waals surface area contributed by atoms with E-state index in [-0.39, 0.29) is 0 Å². The van der Waals surface area contributed by atoms with Gasteiger partial charge >= 0.3 is 0 Å². The van der Waals surface area contributed by atoms with Crippen molar-refractivity contribution >= 4 is 0 Å². The van der Waals surface area contributed by atoms with Gasteiger partial charge in [0.2, 0.25) is 0 Å². The Kier molecular flexibility index (Phi) is 4.04. The molecular weight excluding hydrogens is 186 g/mol. The molecule has 2 unspecified atom stereocenters. The first kappa shape index (κ1) is 11.4. The molecule has 0 amide bonds. The molecule has 2 heteroatoms. The maximum absolute atomic E-state index is 5.29. The molecule has 0 aliphatic heterocycles. The number of hydrogen-bond acceptors (Lipinski definition) is 2. The van der Waals surface area contributed by atoms with Crippen molar-refractivity contribution in [2.45, 2.75) is 57.6 Å². The smallest absolute Gasteiger partial charge is 0.0601 e. The lowest BCUT2D eigenvalue weighted by atomic mass is 9.81. The van der Waals surface area contributed by atoms with Crippen molar-refractivity contribution in [3.05, 3.63) is 0 Å². The highest BCUT2D eigenvalue weighted by atomic mass is 16.5. The predicted molar refractivity (Wildman–Crippen MR) is 62.9 cm³/mol. The highest BCUT2D eigenvalue weighted by Gasteiger charge is 2.29. The van der Waals surface area contributed by atoms with Crippen LogP contribution in [0.4, 0.5) is 0 Å². The fourth-order valence-electron chi connectivity index (χ4n) is 3.00. The molecule has 2 aliphatic rings. The Morgan fingerprint density at radius 3 is 2.67 bits per heavy atom. The molecule has 2 aliphatic carbocycles. The molecule has 0 aromatic heterocycles. The van der Waals surface area contributed by atoms with Crippen LogP contribution in [-0.4, -0.2) is 25.8 Å². The third kappa shape index (κ3) is 3.18. The van der Waals surface area contributed by atoms with Crippen LogP contribution in [0.15, 0.2) is 0 Å². The number of methoxy groups -OCH3 is 1. The molecule has 0 spiro atoms. The van der Waals surface area contributed by atoms with Crippen LogP contribution in [0.5, 0.6) is 0 Å². The maximum atomic E-state index is 5.29. The van der Waals surface area contributed by atoms with Crippen LogP contribution in [0, 0.1) is 11.8 Å². The van der Waals surface area contributed by atoms with E-state index in [4.69, 9.17) is 4.74 Å². The van der Waals surface area contributed by atoms with Crippen LogP contribution in [0.25, 0.3) is 0 Å². The lowest BCUT2D eigenvalue weighted by Gasteiger charge is -2.36. The summed E-state index contributed by atoms with van der Waals surface area (Å²) in [6.45, 7) is 3.64. The van der Waals surface area contributed by atoms with Crippen molar-refractivity contribution in [1.82, 2.24) is 5.32 Å². The second-order valence-corrected chi connectivity index (χ2v) is 5.57. The summed E-state index contributed by atoms with van der Waals surface area (Å²) in [5.41, 5.74) is 0. The second kappa shape index (κ2) is 5.31. The number of rotatable bonds is 4. The highest BCUT2D eigenvalue weighted by molar-refractivity contribution is 4.86. The minimum atomic E-state index is 0.535. The monoisotopic (exact) mass is 211 g/mol. The normalized spacial score (nSPS) is 41.2. The zero-order chi connectivity index (χ0) is 10.7. The summed E-state index contributed by atoms with van der Waals surface area (Å²) in [6.07, 6.45) is 8.75. The third-order valence-electron chi connectivity index (χ3n) is 4.17. The summed E-state index contributed by atoms with van der Waals surface area (Å²) in [5.74, 6) is 1.90. The van der Waals surface area contributed by atoms with Crippen LogP contribution in [0.3, 0.4) is 0 Å². The quantitative estimate of drug-likeness (QED) is 0.771. The van der Waals surface area contributed by atoms with Crippen molar-refractivity contribution < 1.29 is 4.74 Å². The Bertz CT molecular complexity index is 189. The zero-order valence-corrected chi connectivity index (χ0v) is 10.2. The van der Waals surface area contributed by atoms with Crippen molar-refractivity contribution in [3.63, 3.8) is 0 Å². The summed E-state index contributed by atoms with van der Waals surface area (Å²) < 4.78 is 5.29. The Labute approximate surface area is 93.8 Å². The van der Waals surface area contributed by atoms with Gasteiger partial charge in [0.1, 0.15) is 0 Å². The van der Waals surface area contributed by atoms with Crippen LogP contribution in [-0.2, 0) is 4.74 Å². The SMILES string of the molecule is COC1CC(NCC2CCCC(C)C2)C1. The van der Waals surface area contributed by atoms with Crippen LogP contribution in [0.1, 0.15) is 45.4 Å². The summed E-state index contributed by atoms with van der Waals surface area (Å²) in [6, 6.07) is 0.743. The minimum absolute atomic E-state index is 0.535. The molecule has 0 saturated heterocycles. The van der Waals surface area contributed by atoms with E-state index in [2.05, 4.69) is 12.2 Å². The van der Waals surface area contributed by atoms with Crippen LogP contribution in [0.2, 0.25) is 0 Å². The molecule has 88 valence electrons. The van der Waals surface area contributed by atoms with Crippen molar-refractivity contribution in [2.24, 2.45) is 11.8 Å². The molecule has 0 heterocycles. The zero-order valence-electron chi connectivity index (χ0n) is 10.2. The van der Waals surface area contributed by atoms with Gasteiger partial charge in [0.15, 0.2) is 0 Å². The van der Waals surface area contributed by atoms with Crippen molar-refractivity contribution in [2.75, 3.05) is 13.7 Å². The Balaban J connectivity index is 1.58. The minimum Gasteiger partial charge on any atom is -0.381 e. The summed E-state index contributed by atoms with van der Waals surface area (Å²) >= 11 is 0. The average Bonchev–Trinajstić information content (AvgIpc) is 2.16. The molecule has 0 bridgehead atoms. The van der Waals surface area contributed by atoms with Gasteiger partial charge in [0.05, 0.1) is 6.10 Å². The number of nitrogens with one attached hydrogen (secondary N) is 1. The van der Waals surface area contributed by atoms with E-state index < -0.39 is 0 Å². The topological polar surface area (TPSA) is 21.3 Å². The van der Waals surface area contributed by atoms with Crippen LogP contribution >= 0.6 is 0 Å². The van der Waals surface area contributed by atoms with Gasteiger partial charge in [-0.3, -0.25) is 0 Å². The van der Waals surface area contributed by atoms with E-state index in [1.54, 1.807) is 0 Å². The third-order valence-corrected chi connectivity index (χ3v) is 4.17.